The highest BCUT2D eigenvalue weighted by Gasteiger charge is 2.42. The minimum atomic E-state index is -1.64. The van der Waals surface area contributed by atoms with Crippen LogP contribution in [0.4, 0.5) is 5.82 Å². The largest absolute Gasteiger partial charge is 0.382 e. The molecule has 0 spiro atoms. The summed E-state index contributed by atoms with van der Waals surface area (Å²) in [6, 6.07) is 9.12. The maximum absolute atomic E-state index is 12.1. The van der Waals surface area contributed by atoms with Crippen LogP contribution in [0.3, 0.4) is 0 Å². The van der Waals surface area contributed by atoms with Gasteiger partial charge < -0.3 is 15.7 Å². The van der Waals surface area contributed by atoms with Crippen molar-refractivity contribution in [1.29, 1.82) is 0 Å². The zero-order valence-electron chi connectivity index (χ0n) is 16.3. The predicted octanol–water partition coefficient (Wildman–Crippen LogP) is 1.53. The summed E-state index contributed by atoms with van der Waals surface area (Å²) in [5.74, 6) is 5.50. The third-order valence-corrected chi connectivity index (χ3v) is 4.78. The number of aryl methyl sites for hydroxylation is 1. The molecule has 1 saturated heterocycles. The number of benzene rings is 1. The summed E-state index contributed by atoms with van der Waals surface area (Å²) >= 11 is 0. The van der Waals surface area contributed by atoms with Crippen LogP contribution < -0.4 is 5.73 Å². The monoisotopic (exact) mass is 374 g/mol. The van der Waals surface area contributed by atoms with E-state index in [1.165, 1.54) is 11.2 Å². The zero-order chi connectivity index (χ0) is 20.6. The van der Waals surface area contributed by atoms with Crippen molar-refractivity contribution >= 4 is 22.8 Å². The fourth-order valence-electron chi connectivity index (χ4n) is 3.17. The van der Waals surface area contributed by atoms with Gasteiger partial charge in [-0.25, -0.2) is 15.0 Å². The van der Waals surface area contributed by atoms with Crippen molar-refractivity contribution in [3.63, 3.8) is 0 Å². The number of nitrogens with zero attached hydrogens (tertiary/aromatic N) is 4. The van der Waals surface area contributed by atoms with Gasteiger partial charge in [-0.1, -0.05) is 24.0 Å². The Hall–Kier alpha value is -3.50. The van der Waals surface area contributed by atoms with Crippen LogP contribution >= 0.6 is 0 Å². The van der Waals surface area contributed by atoms with E-state index in [1.807, 2.05) is 18.2 Å². The Balaban J connectivity index is 1.75. The molecule has 3 aromatic rings. The lowest BCUT2D eigenvalue weighted by atomic mass is 10.0. The number of fused-ring (bicyclic) bond motifs is 1. The first-order chi connectivity index (χ1) is 13.9. The van der Waals surface area contributed by atoms with Crippen LogP contribution in [0.1, 0.15) is 18.9 Å². The van der Waals surface area contributed by atoms with Crippen LogP contribution in [-0.2, 0) is 4.79 Å². The minimum Gasteiger partial charge on any atom is -0.382 e. The van der Waals surface area contributed by atoms with Crippen LogP contribution in [0.2, 0.25) is 0 Å². The number of rotatable bonds is 1. The van der Waals surface area contributed by atoms with Crippen LogP contribution in [-0.4, -0.2) is 50.1 Å². The Bertz CT molecular complexity index is 1190. The molecule has 1 amide bonds. The second kappa shape index (κ2) is 6.59. The molecule has 1 aromatic carbocycles. The number of amides is 1. The SMILES string of the molecule is [2H]Cc1cc(-c2cccc(C#C[C@]3(O)CCN(C)C3=O)c2)nc2c(N)ncnc12. The Kier molecular flexibility index (Phi) is 3.92. The van der Waals surface area contributed by atoms with Crippen molar-refractivity contribution in [3.05, 3.63) is 47.8 Å². The van der Waals surface area contributed by atoms with Crippen molar-refractivity contribution in [2.45, 2.75) is 18.9 Å². The third kappa shape index (κ3) is 3.04. The first-order valence-corrected chi connectivity index (χ1v) is 8.72. The fraction of sp³-hybridized carbons (Fsp3) is 0.238. The van der Waals surface area contributed by atoms with Crippen molar-refractivity contribution in [1.82, 2.24) is 19.9 Å². The van der Waals surface area contributed by atoms with E-state index in [9.17, 15) is 9.90 Å². The van der Waals surface area contributed by atoms with Crippen LogP contribution in [0.5, 0.6) is 0 Å². The normalized spacial score (nSPS) is 19.4. The number of carbonyl (C=O) groups is 1. The molecule has 4 rings (SSSR count). The second-order valence-corrected chi connectivity index (χ2v) is 6.79. The minimum absolute atomic E-state index is 0.0324. The summed E-state index contributed by atoms with van der Waals surface area (Å²) < 4.78 is 7.80. The standard InChI is InChI=1S/C21H19N5O2/c1-13-10-16(25-18-17(13)23-12-24-19(18)22)15-5-3-4-14(11-15)6-7-21(28)8-9-26(2)20(21)27/h3-5,10-12,28H,8-9H2,1-2H3,(H2,22,23,24)/t21-/m0/s1/i1D. The van der Waals surface area contributed by atoms with Crippen LogP contribution in [0.15, 0.2) is 36.7 Å². The van der Waals surface area contributed by atoms with Gasteiger partial charge in [0.2, 0.25) is 5.60 Å². The van der Waals surface area contributed by atoms with Crippen molar-refractivity contribution in [3.8, 4) is 23.1 Å². The number of carbonyl (C=O) groups excluding carboxylic acids is 1. The molecule has 0 unspecified atom stereocenters. The lowest BCUT2D eigenvalue weighted by Gasteiger charge is -2.13. The summed E-state index contributed by atoms with van der Waals surface area (Å²) in [4.78, 5) is 26.3. The molecule has 2 aromatic heterocycles. The van der Waals surface area contributed by atoms with E-state index in [0.717, 1.165) is 5.56 Å². The number of nitrogen functional groups attached to an aromatic ring is 1. The van der Waals surface area contributed by atoms with Crippen molar-refractivity contribution < 1.29 is 11.3 Å². The molecule has 1 aliphatic rings. The van der Waals surface area contributed by atoms with Gasteiger partial charge in [-0.15, -0.1) is 0 Å². The Morgan fingerprint density at radius 1 is 1.32 bits per heavy atom. The number of aromatic nitrogens is 3. The van der Waals surface area contributed by atoms with E-state index in [2.05, 4.69) is 26.8 Å². The fourth-order valence-corrected chi connectivity index (χ4v) is 3.17. The molecular weight excluding hydrogens is 354 g/mol. The van der Waals surface area contributed by atoms with E-state index < -0.39 is 5.60 Å². The molecule has 28 heavy (non-hydrogen) atoms. The quantitative estimate of drug-likeness (QED) is 0.626. The highest BCUT2D eigenvalue weighted by atomic mass is 16.3. The molecule has 3 heterocycles. The Morgan fingerprint density at radius 2 is 2.18 bits per heavy atom. The lowest BCUT2D eigenvalue weighted by Crippen LogP contribution is -2.37. The summed E-state index contributed by atoms with van der Waals surface area (Å²) in [5, 5.41) is 10.5. The van der Waals surface area contributed by atoms with Gasteiger partial charge in [0.05, 0.1) is 11.2 Å². The molecule has 1 aliphatic heterocycles. The Labute approximate surface area is 163 Å². The molecule has 3 N–H and O–H groups in total. The van der Waals surface area contributed by atoms with Gasteiger partial charge >= 0.3 is 0 Å². The molecule has 1 atom stereocenters. The maximum Gasteiger partial charge on any atom is 0.267 e. The van der Waals surface area contributed by atoms with Gasteiger partial charge in [-0.3, -0.25) is 4.79 Å². The number of nitrogens with two attached hydrogens (primary N) is 1. The molecule has 7 heteroatoms. The zero-order valence-corrected chi connectivity index (χ0v) is 15.3. The molecule has 0 radical (unpaired) electrons. The maximum atomic E-state index is 12.1. The van der Waals surface area contributed by atoms with Gasteiger partial charge in [-0.05, 0) is 30.7 Å². The van der Waals surface area contributed by atoms with Crippen LogP contribution in [0, 0.1) is 18.7 Å². The summed E-state index contributed by atoms with van der Waals surface area (Å²) in [7, 11) is 1.65. The molecule has 140 valence electrons. The Morgan fingerprint density at radius 3 is 2.93 bits per heavy atom. The third-order valence-electron chi connectivity index (χ3n) is 4.78. The number of pyridine rings is 1. The number of hydrogen-bond donors (Lipinski definition) is 2. The number of likely N-dealkylation sites (tertiary alicyclic amines) is 1. The smallest absolute Gasteiger partial charge is 0.267 e. The molecular formula is C21H19N5O2. The van der Waals surface area contributed by atoms with E-state index in [4.69, 9.17) is 7.10 Å². The van der Waals surface area contributed by atoms with E-state index in [-0.39, 0.29) is 25.0 Å². The summed E-state index contributed by atoms with van der Waals surface area (Å²) in [6.07, 6.45) is 1.65. The predicted molar refractivity (Wildman–Crippen MR) is 106 cm³/mol. The number of aliphatic hydroxyl groups is 1. The van der Waals surface area contributed by atoms with E-state index in [0.29, 0.717) is 34.4 Å². The molecule has 0 bridgehead atoms. The average Bonchev–Trinajstić information content (AvgIpc) is 3.00. The highest BCUT2D eigenvalue weighted by Crippen LogP contribution is 2.26. The van der Waals surface area contributed by atoms with E-state index >= 15 is 0 Å². The first-order valence-electron chi connectivity index (χ1n) is 9.43. The second-order valence-electron chi connectivity index (χ2n) is 6.79. The summed E-state index contributed by atoms with van der Waals surface area (Å²) in [6.45, 7) is 0.509. The van der Waals surface area contributed by atoms with Crippen molar-refractivity contribution in [2.24, 2.45) is 0 Å². The van der Waals surface area contributed by atoms with Gasteiger partial charge in [-0.2, -0.15) is 0 Å². The van der Waals surface area contributed by atoms with Gasteiger partial charge in [0.1, 0.15) is 11.8 Å². The van der Waals surface area contributed by atoms with Gasteiger partial charge in [0, 0.05) is 32.5 Å². The highest BCUT2D eigenvalue weighted by molar-refractivity contribution is 5.91. The van der Waals surface area contributed by atoms with Gasteiger partial charge in [0.25, 0.3) is 5.91 Å². The van der Waals surface area contributed by atoms with E-state index in [1.54, 1.807) is 19.2 Å². The number of anilines is 1. The number of likely N-dealkylation sites (N-methyl/N-ethyl adjacent to an activating group) is 1. The van der Waals surface area contributed by atoms with Crippen molar-refractivity contribution in [2.75, 3.05) is 19.3 Å². The topological polar surface area (TPSA) is 105 Å². The molecule has 0 saturated carbocycles. The molecule has 0 aliphatic carbocycles. The average molecular weight is 374 g/mol. The van der Waals surface area contributed by atoms with Crippen LogP contribution in [0.25, 0.3) is 22.3 Å². The molecule has 7 nitrogen and oxygen atoms in total. The summed E-state index contributed by atoms with van der Waals surface area (Å²) in [5.41, 5.74) is 8.08. The molecule has 1 fully saturated rings. The first kappa shape index (κ1) is 16.7. The lowest BCUT2D eigenvalue weighted by molar-refractivity contribution is -0.137. The van der Waals surface area contributed by atoms with Gasteiger partial charge in [0.15, 0.2) is 5.82 Å². The number of hydrogen-bond acceptors (Lipinski definition) is 6.